The number of carbonyl (C=O) groups excluding carboxylic acids is 1. The van der Waals surface area contributed by atoms with Crippen LogP contribution in [0.15, 0.2) is 63.8 Å². The van der Waals surface area contributed by atoms with Gasteiger partial charge < -0.3 is 4.42 Å². The van der Waals surface area contributed by atoms with E-state index in [1.54, 1.807) is 18.2 Å². The Morgan fingerprint density at radius 1 is 1.09 bits per heavy atom. The van der Waals surface area contributed by atoms with Crippen molar-refractivity contribution in [3.05, 3.63) is 70.7 Å². The molecule has 0 saturated carbocycles. The summed E-state index contributed by atoms with van der Waals surface area (Å²) in [4.78, 5) is 28.7. The number of rotatable bonds is 6. The van der Waals surface area contributed by atoms with Gasteiger partial charge in [0, 0.05) is 13.0 Å². The number of carbonyl (C=O) groups is 1. The first kappa shape index (κ1) is 15.1. The largest absolute Gasteiger partial charge is 0.419 e. The third-order valence-corrected chi connectivity index (χ3v) is 3.40. The van der Waals surface area contributed by atoms with Gasteiger partial charge in [0.2, 0.25) is 5.91 Å². The van der Waals surface area contributed by atoms with Gasteiger partial charge in [0.1, 0.15) is 0 Å². The van der Waals surface area contributed by atoms with Gasteiger partial charge in [0.05, 0.1) is 12.1 Å². The highest BCUT2D eigenvalue weighted by atomic mass is 16.6. The highest BCUT2D eigenvalue weighted by molar-refractivity contribution is 5.75. The Morgan fingerprint density at radius 3 is 2.65 bits per heavy atom. The quantitative estimate of drug-likeness (QED) is 0.708. The Bertz CT molecular complexity index is 852. The molecule has 1 amide bonds. The van der Waals surface area contributed by atoms with E-state index in [1.807, 2.05) is 36.4 Å². The Hall–Kier alpha value is -2.86. The summed E-state index contributed by atoms with van der Waals surface area (Å²) in [7, 11) is 0. The minimum Gasteiger partial charge on any atom is -0.408 e. The fraction of sp³-hybridized carbons (Fsp3) is 0.176. The molecule has 0 aliphatic heterocycles. The number of hydrogen-bond acceptors (Lipinski definition) is 4. The first-order valence-electron chi connectivity index (χ1n) is 7.27. The van der Waals surface area contributed by atoms with Crippen LogP contribution in [0.3, 0.4) is 0 Å². The van der Waals surface area contributed by atoms with Crippen molar-refractivity contribution in [2.24, 2.45) is 0 Å². The highest BCUT2D eigenvalue weighted by Gasteiger charge is 2.10. The standard InChI is InChI=1S/C17H16N2O4/c20-16(18-22-12-13-6-2-1-3-7-13)10-11-19-14-8-4-5-9-15(14)23-17(19)21/h1-9H,10-12H2,(H,18,20). The van der Waals surface area contributed by atoms with Crippen molar-refractivity contribution in [1.29, 1.82) is 0 Å². The Kier molecular flexibility index (Phi) is 4.54. The van der Waals surface area contributed by atoms with E-state index in [9.17, 15) is 9.59 Å². The second-order valence-corrected chi connectivity index (χ2v) is 5.04. The van der Waals surface area contributed by atoms with Gasteiger partial charge >= 0.3 is 5.76 Å². The summed E-state index contributed by atoms with van der Waals surface area (Å²) in [6.45, 7) is 0.525. The third kappa shape index (κ3) is 3.67. The van der Waals surface area contributed by atoms with E-state index in [0.717, 1.165) is 5.56 Å². The van der Waals surface area contributed by atoms with Gasteiger partial charge in [-0.2, -0.15) is 0 Å². The molecule has 0 atom stereocenters. The molecule has 6 nitrogen and oxygen atoms in total. The maximum absolute atomic E-state index is 11.8. The van der Waals surface area contributed by atoms with Crippen molar-refractivity contribution in [1.82, 2.24) is 10.0 Å². The van der Waals surface area contributed by atoms with Crippen LogP contribution in [0.4, 0.5) is 0 Å². The average Bonchev–Trinajstić information content (AvgIpc) is 2.89. The summed E-state index contributed by atoms with van der Waals surface area (Å²) < 4.78 is 6.55. The zero-order chi connectivity index (χ0) is 16.1. The van der Waals surface area contributed by atoms with Crippen molar-refractivity contribution in [2.75, 3.05) is 0 Å². The molecule has 0 aliphatic carbocycles. The average molecular weight is 312 g/mol. The number of benzene rings is 2. The van der Waals surface area contributed by atoms with Crippen LogP contribution in [0.1, 0.15) is 12.0 Å². The molecule has 6 heteroatoms. The van der Waals surface area contributed by atoms with Crippen molar-refractivity contribution >= 4 is 17.0 Å². The fourth-order valence-electron chi connectivity index (χ4n) is 2.26. The second-order valence-electron chi connectivity index (χ2n) is 5.04. The van der Waals surface area contributed by atoms with Crippen molar-refractivity contribution < 1.29 is 14.0 Å². The smallest absolute Gasteiger partial charge is 0.408 e. The van der Waals surface area contributed by atoms with Gasteiger partial charge in [-0.05, 0) is 17.7 Å². The van der Waals surface area contributed by atoms with E-state index >= 15 is 0 Å². The molecule has 1 aromatic heterocycles. The van der Waals surface area contributed by atoms with Crippen LogP contribution < -0.4 is 11.2 Å². The topological polar surface area (TPSA) is 73.5 Å². The fourth-order valence-corrected chi connectivity index (χ4v) is 2.26. The monoisotopic (exact) mass is 312 g/mol. The van der Waals surface area contributed by atoms with Gasteiger partial charge in [0.15, 0.2) is 5.58 Å². The zero-order valence-electron chi connectivity index (χ0n) is 12.4. The number of hydrogen-bond donors (Lipinski definition) is 1. The van der Waals surface area contributed by atoms with Crippen LogP contribution in [-0.2, 0) is 22.8 Å². The molecule has 0 saturated heterocycles. The van der Waals surface area contributed by atoms with Crippen molar-refractivity contribution in [2.45, 2.75) is 19.6 Å². The number of oxazole rings is 1. The van der Waals surface area contributed by atoms with Gasteiger partial charge in [-0.3, -0.25) is 14.2 Å². The second kappa shape index (κ2) is 6.93. The van der Waals surface area contributed by atoms with E-state index in [1.165, 1.54) is 4.57 Å². The minimum atomic E-state index is -0.468. The van der Waals surface area contributed by atoms with Gasteiger partial charge in [-0.25, -0.2) is 10.3 Å². The van der Waals surface area contributed by atoms with Crippen LogP contribution in [-0.4, -0.2) is 10.5 Å². The van der Waals surface area contributed by atoms with Gasteiger partial charge in [-0.15, -0.1) is 0 Å². The minimum absolute atomic E-state index is 0.123. The number of aromatic nitrogens is 1. The number of nitrogens with one attached hydrogen (secondary N) is 1. The van der Waals surface area contributed by atoms with Crippen LogP contribution >= 0.6 is 0 Å². The van der Waals surface area contributed by atoms with Crippen LogP contribution in [0.25, 0.3) is 11.1 Å². The molecule has 118 valence electrons. The zero-order valence-corrected chi connectivity index (χ0v) is 12.4. The summed E-state index contributed by atoms with van der Waals surface area (Å²) in [6, 6.07) is 16.6. The lowest BCUT2D eigenvalue weighted by Crippen LogP contribution is -2.26. The molecule has 3 aromatic rings. The number of nitrogens with zero attached hydrogens (tertiary/aromatic N) is 1. The normalized spacial score (nSPS) is 10.8. The van der Waals surface area contributed by atoms with E-state index in [4.69, 9.17) is 9.25 Å². The van der Waals surface area contributed by atoms with E-state index in [-0.39, 0.29) is 18.9 Å². The molecule has 1 heterocycles. The van der Waals surface area contributed by atoms with E-state index in [2.05, 4.69) is 5.48 Å². The summed E-state index contributed by atoms with van der Waals surface area (Å²) >= 11 is 0. The summed E-state index contributed by atoms with van der Waals surface area (Å²) in [5.41, 5.74) is 4.53. The molecule has 1 N–H and O–H groups in total. The molecule has 0 fully saturated rings. The lowest BCUT2D eigenvalue weighted by Gasteiger charge is -2.06. The molecule has 23 heavy (non-hydrogen) atoms. The number of amides is 1. The van der Waals surface area contributed by atoms with E-state index in [0.29, 0.717) is 17.7 Å². The SMILES string of the molecule is O=C(CCn1c(=O)oc2ccccc21)NOCc1ccccc1. The number of fused-ring (bicyclic) bond motifs is 1. The summed E-state index contributed by atoms with van der Waals surface area (Å²) in [6.07, 6.45) is 0.123. The Morgan fingerprint density at radius 2 is 1.83 bits per heavy atom. The van der Waals surface area contributed by atoms with Crippen LogP contribution in [0.2, 0.25) is 0 Å². The third-order valence-electron chi connectivity index (χ3n) is 3.40. The number of aryl methyl sites for hydroxylation is 1. The maximum atomic E-state index is 11.8. The summed E-state index contributed by atoms with van der Waals surface area (Å²) in [5.74, 6) is -0.762. The molecule has 0 spiro atoms. The van der Waals surface area contributed by atoms with Crippen molar-refractivity contribution in [3.63, 3.8) is 0 Å². The van der Waals surface area contributed by atoms with E-state index < -0.39 is 5.76 Å². The molecular weight excluding hydrogens is 296 g/mol. The molecule has 0 bridgehead atoms. The van der Waals surface area contributed by atoms with Gasteiger partial charge in [-0.1, -0.05) is 42.5 Å². The molecular formula is C17H16N2O4. The maximum Gasteiger partial charge on any atom is 0.419 e. The molecule has 0 aliphatic rings. The number of hydroxylamine groups is 1. The first-order valence-corrected chi connectivity index (χ1v) is 7.27. The van der Waals surface area contributed by atoms with Crippen LogP contribution in [0.5, 0.6) is 0 Å². The number of para-hydroxylation sites is 2. The first-order chi connectivity index (χ1) is 11.2. The molecule has 0 unspecified atom stereocenters. The predicted octanol–water partition coefficient (Wildman–Crippen LogP) is 2.23. The van der Waals surface area contributed by atoms with Crippen molar-refractivity contribution in [3.8, 4) is 0 Å². The van der Waals surface area contributed by atoms with Crippen LogP contribution in [0, 0.1) is 0 Å². The summed E-state index contributed by atoms with van der Waals surface area (Å²) in [5, 5.41) is 0. The lowest BCUT2D eigenvalue weighted by molar-refractivity contribution is -0.134. The molecule has 2 aromatic carbocycles. The Labute approximate surface area is 132 Å². The lowest BCUT2D eigenvalue weighted by atomic mass is 10.2. The molecule has 3 rings (SSSR count). The van der Waals surface area contributed by atoms with Gasteiger partial charge in [0.25, 0.3) is 0 Å². The highest BCUT2D eigenvalue weighted by Crippen LogP contribution is 2.11. The predicted molar refractivity (Wildman–Crippen MR) is 84.5 cm³/mol. The Balaban J connectivity index is 1.52. The molecule has 0 radical (unpaired) electrons.